The molecular formula is C22H23N3O3. The number of carbonyl (C=O) groups excluding carboxylic acids is 1. The van der Waals surface area contributed by atoms with Crippen LogP contribution in [0.2, 0.25) is 0 Å². The number of hydrogen-bond acceptors (Lipinski definition) is 3. The minimum atomic E-state index is -0.154. The predicted octanol–water partition coefficient (Wildman–Crippen LogP) is 3.42. The average molecular weight is 377 g/mol. The van der Waals surface area contributed by atoms with Crippen molar-refractivity contribution in [3.63, 3.8) is 0 Å². The van der Waals surface area contributed by atoms with Crippen molar-refractivity contribution in [3.05, 3.63) is 76.4 Å². The monoisotopic (exact) mass is 377 g/mol. The molecule has 3 aromatic rings. The Morgan fingerprint density at radius 1 is 1.43 bits per heavy atom. The van der Waals surface area contributed by atoms with Gasteiger partial charge < -0.3 is 19.2 Å². The SMILES string of the molecule is C=CCn1cc(C(=O)N(C)C2CCOc3ccccc32)c2cc(C)[nH]c2c1=O. The maximum Gasteiger partial charge on any atom is 0.275 e. The van der Waals surface area contributed by atoms with Gasteiger partial charge in [0.2, 0.25) is 0 Å². The molecule has 2 aromatic heterocycles. The fourth-order valence-electron chi connectivity index (χ4n) is 3.90. The fraction of sp³-hybridized carbons (Fsp3) is 0.273. The summed E-state index contributed by atoms with van der Waals surface area (Å²) in [4.78, 5) is 31.0. The second-order valence-corrected chi connectivity index (χ2v) is 7.14. The molecule has 144 valence electrons. The smallest absolute Gasteiger partial charge is 0.275 e. The van der Waals surface area contributed by atoms with Crippen molar-refractivity contribution < 1.29 is 9.53 Å². The van der Waals surface area contributed by atoms with E-state index in [9.17, 15) is 9.59 Å². The van der Waals surface area contributed by atoms with Crippen LogP contribution < -0.4 is 10.3 Å². The molecule has 0 radical (unpaired) electrons. The van der Waals surface area contributed by atoms with Crippen LogP contribution in [0.1, 0.15) is 34.1 Å². The topological polar surface area (TPSA) is 67.3 Å². The van der Waals surface area contributed by atoms with Crippen molar-refractivity contribution in [2.24, 2.45) is 0 Å². The van der Waals surface area contributed by atoms with Gasteiger partial charge >= 0.3 is 0 Å². The van der Waals surface area contributed by atoms with Crippen LogP contribution in [0.4, 0.5) is 0 Å². The number of aromatic amines is 1. The van der Waals surface area contributed by atoms with Crippen LogP contribution in [0.25, 0.3) is 10.9 Å². The van der Waals surface area contributed by atoms with Gasteiger partial charge in [0.05, 0.1) is 18.2 Å². The third-order valence-corrected chi connectivity index (χ3v) is 5.27. The summed E-state index contributed by atoms with van der Waals surface area (Å²) in [5.41, 5.74) is 2.65. The molecule has 4 rings (SSSR count). The molecule has 1 aliphatic heterocycles. The number of amides is 1. The number of ether oxygens (including phenoxy) is 1. The van der Waals surface area contributed by atoms with Crippen molar-refractivity contribution in [2.75, 3.05) is 13.7 Å². The van der Waals surface area contributed by atoms with Gasteiger partial charge in [0.1, 0.15) is 11.3 Å². The zero-order chi connectivity index (χ0) is 19.8. The molecule has 0 aliphatic carbocycles. The number of H-pyrrole nitrogens is 1. The van der Waals surface area contributed by atoms with Crippen LogP contribution in [0.5, 0.6) is 5.75 Å². The number of nitrogens with zero attached hydrogens (tertiary/aromatic N) is 2. The average Bonchev–Trinajstić information content (AvgIpc) is 3.10. The Kier molecular flexibility index (Phi) is 4.55. The number of pyridine rings is 1. The third kappa shape index (κ3) is 2.91. The van der Waals surface area contributed by atoms with E-state index in [2.05, 4.69) is 11.6 Å². The molecule has 1 aliphatic rings. The van der Waals surface area contributed by atoms with Crippen LogP contribution in [-0.4, -0.2) is 34.0 Å². The largest absolute Gasteiger partial charge is 0.493 e. The lowest BCUT2D eigenvalue weighted by molar-refractivity contribution is 0.0687. The molecule has 0 saturated carbocycles. The van der Waals surface area contributed by atoms with Crippen molar-refractivity contribution in [2.45, 2.75) is 25.9 Å². The molecule has 1 amide bonds. The number of rotatable bonds is 4. The zero-order valence-electron chi connectivity index (χ0n) is 16.1. The quantitative estimate of drug-likeness (QED) is 0.709. The Morgan fingerprint density at radius 3 is 3.00 bits per heavy atom. The summed E-state index contributed by atoms with van der Waals surface area (Å²) in [5, 5.41) is 0.653. The van der Waals surface area contributed by atoms with E-state index in [-0.39, 0.29) is 17.5 Å². The Morgan fingerprint density at radius 2 is 2.21 bits per heavy atom. The number of hydrogen-bond donors (Lipinski definition) is 1. The van der Waals surface area contributed by atoms with Gasteiger partial charge in [-0.1, -0.05) is 24.3 Å². The van der Waals surface area contributed by atoms with E-state index in [4.69, 9.17) is 4.74 Å². The lowest BCUT2D eigenvalue weighted by Crippen LogP contribution is -2.35. The first-order valence-electron chi connectivity index (χ1n) is 9.33. The van der Waals surface area contributed by atoms with E-state index in [1.807, 2.05) is 44.3 Å². The zero-order valence-corrected chi connectivity index (χ0v) is 16.1. The van der Waals surface area contributed by atoms with Gasteiger partial charge in [-0.2, -0.15) is 0 Å². The number of nitrogens with one attached hydrogen (secondary N) is 1. The highest BCUT2D eigenvalue weighted by Gasteiger charge is 2.29. The van der Waals surface area contributed by atoms with E-state index in [1.54, 1.807) is 17.2 Å². The minimum absolute atomic E-state index is 0.0766. The number of allylic oxidation sites excluding steroid dienone is 1. The molecular weight excluding hydrogens is 354 g/mol. The maximum atomic E-state index is 13.5. The molecule has 0 spiro atoms. The molecule has 6 nitrogen and oxygen atoms in total. The molecule has 1 atom stereocenters. The van der Waals surface area contributed by atoms with Crippen molar-refractivity contribution in [1.82, 2.24) is 14.5 Å². The summed E-state index contributed by atoms with van der Waals surface area (Å²) >= 11 is 0. The van der Waals surface area contributed by atoms with Gasteiger partial charge in [0, 0.05) is 42.9 Å². The number of fused-ring (bicyclic) bond motifs is 2. The first kappa shape index (κ1) is 18.1. The molecule has 0 bridgehead atoms. The van der Waals surface area contributed by atoms with Crippen LogP contribution >= 0.6 is 0 Å². The standard InChI is InChI=1S/C22H23N3O3/c1-4-10-25-13-17(16-12-14(2)23-20(16)22(25)27)21(26)24(3)18-9-11-28-19-8-6-5-7-15(18)19/h4-8,12-13,18,23H,1,9-11H2,2-3H3. The maximum absolute atomic E-state index is 13.5. The highest BCUT2D eigenvalue weighted by molar-refractivity contribution is 6.06. The van der Waals surface area contributed by atoms with Gasteiger partial charge in [-0.05, 0) is 19.1 Å². The number of aryl methyl sites for hydroxylation is 1. The summed E-state index contributed by atoms with van der Waals surface area (Å²) in [6, 6.07) is 9.59. The Hall–Kier alpha value is -3.28. The summed E-state index contributed by atoms with van der Waals surface area (Å²) in [6.07, 6.45) is 4.01. The molecule has 3 heterocycles. The van der Waals surface area contributed by atoms with Gasteiger partial charge in [0.25, 0.3) is 11.5 Å². The minimum Gasteiger partial charge on any atom is -0.493 e. The number of benzene rings is 1. The predicted molar refractivity (Wildman–Crippen MR) is 109 cm³/mol. The van der Waals surface area contributed by atoms with E-state index >= 15 is 0 Å². The van der Waals surface area contributed by atoms with E-state index in [1.165, 1.54) is 4.57 Å². The fourth-order valence-corrected chi connectivity index (χ4v) is 3.90. The number of carbonyl (C=O) groups is 1. The van der Waals surface area contributed by atoms with Gasteiger partial charge in [-0.3, -0.25) is 9.59 Å². The van der Waals surface area contributed by atoms with E-state index in [0.717, 1.165) is 23.4 Å². The van der Waals surface area contributed by atoms with Crippen molar-refractivity contribution in [1.29, 1.82) is 0 Å². The van der Waals surface area contributed by atoms with Crippen LogP contribution in [0.3, 0.4) is 0 Å². The van der Waals surface area contributed by atoms with Crippen molar-refractivity contribution in [3.8, 4) is 5.75 Å². The van der Waals surface area contributed by atoms with E-state index < -0.39 is 0 Å². The molecule has 6 heteroatoms. The Balaban J connectivity index is 1.80. The van der Waals surface area contributed by atoms with Crippen LogP contribution in [0.15, 0.2) is 54.0 Å². The highest BCUT2D eigenvalue weighted by Crippen LogP contribution is 2.36. The molecule has 1 aromatic carbocycles. The lowest BCUT2D eigenvalue weighted by Gasteiger charge is -2.33. The van der Waals surface area contributed by atoms with E-state index in [0.29, 0.717) is 29.6 Å². The van der Waals surface area contributed by atoms with Gasteiger partial charge in [-0.25, -0.2) is 0 Å². The second kappa shape index (κ2) is 7.03. The first-order valence-corrected chi connectivity index (χ1v) is 9.33. The normalized spacial score (nSPS) is 15.7. The summed E-state index contributed by atoms with van der Waals surface area (Å²) in [5.74, 6) is 0.696. The summed E-state index contributed by atoms with van der Waals surface area (Å²) in [7, 11) is 1.81. The molecule has 0 saturated heterocycles. The molecule has 1 unspecified atom stereocenters. The second-order valence-electron chi connectivity index (χ2n) is 7.14. The highest BCUT2D eigenvalue weighted by atomic mass is 16.5. The van der Waals surface area contributed by atoms with Gasteiger partial charge in [-0.15, -0.1) is 6.58 Å². The van der Waals surface area contributed by atoms with Gasteiger partial charge in [0.15, 0.2) is 0 Å². The summed E-state index contributed by atoms with van der Waals surface area (Å²) < 4.78 is 7.25. The first-order chi connectivity index (χ1) is 13.5. The molecule has 0 fully saturated rings. The van der Waals surface area contributed by atoms with Crippen LogP contribution in [0, 0.1) is 6.92 Å². The lowest BCUT2D eigenvalue weighted by atomic mass is 9.98. The number of aromatic nitrogens is 2. The molecule has 1 N–H and O–H groups in total. The Labute approximate surface area is 163 Å². The van der Waals surface area contributed by atoms with Crippen LogP contribution in [-0.2, 0) is 6.54 Å². The summed E-state index contributed by atoms with van der Waals surface area (Å²) in [6.45, 7) is 6.50. The third-order valence-electron chi connectivity index (χ3n) is 5.27. The number of para-hydroxylation sites is 1. The van der Waals surface area contributed by atoms with Crippen molar-refractivity contribution >= 4 is 16.8 Å². The molecule has 28 heavy (non-hydrogen) atoms. The Bertz CT molecular complexity index is 1130.